The van der Waals surface area contributed by atoms with E-state index in [1.165, 1.54) is 4.68 Å². The Labute approximate surface area is 156 Å². The van der Waals surface area contributed by atoms with Gasteiger partial charge in [-0.3, -0.25) is 14.3 Å². The van der Waals surface area contributed by atoms with Crippen molar-refractivity contribution in [1.29, 1.82) is 0 Å². The molecule has 1 fully saturated rings. The number of amides is 1. The van der Waals surface area contributed by atoms with Crippen LogP contribution in [0.4, 0.5) is 5.69 Å². The minimum Gasteiger partial charge on any atom is -0.370 e. The summed E-state index contributed by atoms with van der Waals surface area (Å²) in [6.07, 6.45) is 4.22. The lowest BCUT2D eigenvalue weighted by atomic mass is 10.1. The number of hydrogen-bond donors (Lipinski definition) is 2. The average molecular weight is 383 g/mol. The molecule has 2 aromatic heterocycles. The first-order valence-corrected chi connectivity index (χ1v) is 8.23. The Bertz CT molecular complexity index is 805. The van der Waals surface area contributed by atoms with E-state index in [2.05, 4.69) is 25.6 Å². The molecule has 1 aliphatic heterocycles. The fourth-order valence-electron chi connectivity index (χ4n) is 2.84. The van der Waals surface area contributed by atoms with Crippen molar-refractivity contribution in [2.75, 3.05) is 31.1 Å². The van der Waals surface area contributed by atoms with E-state index in [-0.39, 0.29) is 23.9 Å². The Balaban J connectivity index is 0.00000243. The first-order valence-electron chi connectivity index (χ1n) is 8.23. The number of nitrogens with two attached hydrogens (primary N) is 1. The third kappa shape index (κ3) is 4.58. The molecule has 1 amide bonds. The Hall–Kier alpha value is -2.46. The smallest absolute Gasteiger partial charge is 0.273 e. The van der Waals surface area contributed by atoms with E-state index in [0.717, 1.165) is 25.2 Å². The van der Waals surface area contributed by atoms with Crippen molar-refractivity contribution in [1.82, 2.24) is 30.1 Å². The van der Waals surface area contributed by atoms with Gasteiger partial charge in [0.05, 0.1) is 24.6 Å². The zero-order chi connectivity index (χ0) is 17.8. The van der Waals surface area contributed by atoms with Gasteiger partial charge in [-0.1, -0.05) is 5.21 Å². The summed E-state index contributed by atoms with van der Waals surface area (Å²) in [5.41, 5.74) is 6.43. The normalized spacial score (nSPS) is 16.4. The zero-order valence-corrected chi connectivity index (χ0v) is 15.4. The predicted octanol–water partition coefficient (Wildman–Crippen LogP) is -0.991. The molecule has 3 N–H and O–H groups in total. The van der Waals surface area contributed by atoms with Crippen LogP contribution in [0, 0.1) is 5.92 Å². The molecule has 0 aromatic carbocycles. The number of nitrogens with one attached hydrogen (secondary N) is 1. The van der Waals surface area contributed by atoms with Crippen molar-refractivity contribution in [3.8, 4) is 0 Å². The monoisotopic (exact) mass is 382 g/mol. The van der Waals surface area contributed by atoms with Gasteiger partial charge < -0.3 is 16.0 Å². The third-order valence-electron chi connectivity index (χ3n) is 4.29. The maximum atomic E-state index is 12.1. The van der Waals surface area contributed by atoms with Crippen LogP contribution in [0.5, 0.6) is 0 Å². The Kier molecular flexibility index (Phi) is 6.70. The van der Waals surface area contributed by atoms with Crippen LogP contribution >= 0.6 is 12.4 Å². The van der Waals surface area contributed by atoms with Gasteiger partial charge in [0.2, 0.25) is 0 Å². The molecule has 2 aromatic rings. The molecular formula is C15H23ClN8O2. The number of aryl methyl sites for hydroxylation is 1. The van der Waals surface area contributed by atoms with Gasteiger partial charge in [0, 0.05) is 39.3 Å². The molecule has 3 heterocycles. The van der Waals surface area contributed by atoms with Gasteiger partial charge in [0.25, 0.3) is 11.5 Å². The van der Waals surface area contributed by atoms with Gasteiger partial charge in [-0.25, -0.2) is 4.68 Å². The molecule has 0 bridgehead atoms. The van der Waals surface area contributed by atoms with Gasteiger partial charge in [0.1, 0.15) is 0 Å². The van der Waals surface area contributed by atoms with Crippen molar-refractivity contribution in [3.63, 3.8) is 0 Å². The number of carbonyl (C=O) groups excluding carboxylic acids is 1. The fourth-order valence-corrected chi connectivity index (χ4v) is 2.84. The lowest BCUT2D eigenvalue weighted by Crippen LogP contribution is -2.31. The number of rotatable bonds is 6. The van der Waals surface area contributed by atoms with Gasteiger partial charge in [-0.05, 0) is 12.3 Å². The maximum absolute atomic E-state index is 12.1. The van der Waals surface area contributed by atoms with Crippen molar-refractivity contribution in [2.24, 2.45) is 18.7 Å². The van der Waals surface area contributed by atoms with Crippen LogP contribution in [-0.4, -0.2) is 56.9 Å². The number of anilines is 1. The molecular weight excluding hydrogens is 360 g/mol. The zero-order valence-electron chi connectivity index (χ0n) is 14.5. The summed E-state index contributed by atoms with van der Waals surface area (Å²) in [7, 11) is 1.62. The highest BCUT2D eigenvalue weighted by atomic mass is 35.5. The Morgan fingerprint density at radius 2 is 2.27 bits per heavy atom. The van der Waals surface area contributed by atoms with E-state index in [9.17, 15) is 9.59 Å². The number of aromatic nitrogens is 5. The number of carbonyl (C=O) groups is 1. The van der Waals surface area contributed by atoms with Crippen LogP contribution in [-0.2, 0) is 13.6 Å². The van der Waals surface area contributed by atoms with Crippen molar-refractivity contribution < 1.29 is 4.79 Å². The quantitative estimate of drug-likeness (QED) is 0.657. The highest BCUT2D eigenvalue weighted by Crippen LogP contribution is 2.21. The van der Waals surface area contributed by atoms with Crippen LogP contribution < -0.4 is 21.5 Å². The second-order valence-corrected chi connectivity index (χ2v) is 6.14. The lowest BCUT2D eigenvalue weighted by molar-refractivity contribution is 0.0943. The predicted molar refractivity (Wildman–Crippen MR) is 98.5 cm³/mol. The molecule has 3 rings (SSSR count). The van der Waals surface area contributed by atoms with Gasteiger partial charge in [-0.15, -0.1) is 17.5 Å². The standard InChI is InChI=1S/C15H22N8O2.ClH/c1-21-14(24)6-12(8-18-21)22-4-2-11(9-22)7-17-15(25)13-10-23(5-3-16)20-19-13;/h6,8,10-11H,2-5,7,9,16H2,1H3,(H,17,25);1H. The molecule has 11 heteroatoms. The van der Waals surface area contributed by atoms with Crippen molar-refractivity contribution >= 4 is 24.0 Å². The van der Waals surface area contributed by atoms with Crippen LogP contribution in [0.2, 0.25) is 0 Å². The summed E-state index contributed by atoms with van der Waals surface area (Å²) >= 11 is 0. The summed E-state index contributed by atoms with van der Waals surface area (Å²) in [6, 6.07) is 1.59. The van der Waals surface area contributed by atoms with Gasteiger partial charge >= 0.3 is 0 Å². The molecule has 0 saturated carbocycles. The van der Waals surface area contributed by atoms with Crippen molar-refractivity contribution in [3.05, 3.63) is 34.5 Å². The van der Waals surface area contributed by atoms with E-state index >= 15 is 0 Å². The van der Waals surface area contributed by atoms with Crippen molar-refractivity contribution in [2.45, 2.75) is 13.0 Å². The lowest BCUT2D eigenvalue weighted by Gasteiger charge is -2.18. The van der Waals surface area contributed by atoms with E-state index in [4.69, 9.17) is 5.73 Å². The van der Waals surface area contributed by atoms with E-state index < -0.39 is 0 Å². The summed E-state index contributed by atoms with van der Waals surface area (Å²) in [6.45, 7) is 3.14. The molecule has 26 heavy (non-hydrogen) atoms. The summed E-state index contributed by atoms with van der Waals surface area (Å²) in [4.78, 5) is 25.9. The van der Waals surface area contributed by atoms with Crippen LogP contribution in [0.3, 0.4) is 0 Å². The summed E-state index contributed by atoms with van der Waals surface area (Å²) in [5, 5.41) is 14.6. The Morgan fingerprint density at radius 1 is 1.46 bits per heavy atom. The minimum absolute atomic E-state index is 0. The molecule has 1 aliphatic rings. The van der Waals surface area contributed by atoms with E-state index in [1.54, 1.807) is 30.2 Å². The number of nitrogens with zero attached hydrogens (tertiary/aromatic N) is 6. The largest absolute Gasteiger partial charge is 0.370 e. The molecule has 142 valence electrons. The number of hydrogen-bond acceptors (Lipinski definition) is 7. The van der Waals surface area contributed by atoms with E-state index in [0.29, 0.717) is 31.2 Å². The fraction of sp³-hybridized carbons (Fsp3) is 0.533. The highest BCUT2D eigenvalue weighted by Gasteiger charge is 2.24. The highest BCUT2D eigenvalue weighted by molar-refractivity contribution is 5.91. The molecule has 1 saturated heterocycles. The number of halogens is 1. The molecule has 0 radical (unpaired) electrons. The molecule has 1 unspecified atom stereocenters. The van der Waals surface area contributed by atoms with Gasteiger partial charge in [-0.2, -0.15) is 5.10 Å². The summed E-state index contributed by atoms with van der Waals surface area (Å²) in [5.74, 6) is 0.0732. The Morgan fingerprint density at radius 3 is 3.00 bits per heavy atom. The van der Waals surface area contributed by atoms with E-state index in [1.807, 2.05) is 0 Å². The maximum Gasteiger partial charge on any atom is 0.273 e. The van der Waals surface area contributed by atoms with Gasteiger partial charge in [0.15, 0.2) is 5.69 Å². The SMILES string of the molecule is Cl.Cn1ncc(N2CCC(CNC(=O)c3cn(CCN)nn3)C2)cc1=O. The molecule has 0 aliphatic carbocycles. The molecule has 0 spiro atoms. The molecule has 1 atom stereocenters. The topological polar surface area (TPSA) is 124 Å². The average Bonchev–Trinajstić information content (AvgIpc) is 3.25. The van der Waals surface area contributed by atoms with Crippen LogP contribution in [0.1, 0.15) is 16.9 Å². The van der Waals surface area contributed by atoms with Crippen LogP contribution in [0.15, 0.2) is 23.3 Å². The molecule has 10 nitrogen and oxygen atoms in total. The second-order valence-electron chi connectivity index (χ2n) is 6.14. The third-order valence-corrected chi connectivity index (χ3v) is 4.29. The first-order chi connectivity index (χ1) is 12.1. The second kappa shape index (κ2) is 8.77. The van der Waals surface area contributed by atoms with Crippen LogP contribution in [0.25, 0.3) is 0 Å². The minimum atomic E-state index is -0.239. The summed E-state index contributed by atoms with van der Waals surface area (Å²) < 4.78 is 2.85. The first kappa shape index (κ1) is 19.9.